The maximum absolute atomic E-state index is 8.83. The highest BCUT2D eigenvalue weighted by molar-refractivity contribution is 6.40. The Bertz CT molecular complexity index is 350. The van der Waals surface area contributed by atoms with Crippen LogP contribution in [0, 0.1) is 5.92 Å². The lowest BCUT2D eigenvalue weighted by Gasteiger charge is -2.32. The van der Waals surface area contributed by atoms with Crippen molar-refractivity contribution in [3.63, 3.8) is 0 Å². The number of hydrogen-bond acceptors (Lipinski definition) is 3. The van der Waals surface area contributed by atoms with Crippen molar-refractivity contribution in [1.82, 2.24) is 4.90 Å². The fourth-order valence-corrected chi connectivity index (χ4v) is 2.86. The molecule has 1 saturated heterocycles. The molecular formula is C15H24BNO2. The molecule has 0 saturated carbocycles. The Hall–Kier alpha value is -0.835. The van der Waals surface area contributed by atoms with E-state index in [0.29, 0.717) is 6.32 Å². The van der Waals surface area contributed by atoms with Crippen LogP contribution in [0.3, 0.4) is 0 Å². The molecule has 0 aliphatic carbocycles. The fourth-order valence-electron chi connectivity index (χ4n) is 2.86. The molecule has 3 nitrogen and oxygen atoms in total. The van der Waals surface area contributed by atoms with Crippen LogP contribution < -0.4 is 0 Å². The summed E-state index contributed by atoms with van der Waals surface area (Å²) >= 11 is 0. The predicted molar refractivity (Wildman–Crippen MR) is 78.9 cm³/mol. The van der Waals surface area contributed by atoms with Crippen molar-refractivity contribution in [3.05, 3.63) is 35.9 Å². The van der Waals surface area contributed by atoms with Crippen LogP contribution >= 0.6 is 0 Å². The number of rotatable bonds is 6. The lowest BCUT2D eigenvalue weighted by Crippen LogP contribution is -2.35. The third-order valence-electron chi connectivity index (χ3n) is 4.01. The predicted octanol–water partition coefficient (Wildman–Crippen LogP) is 1.80. The molecule has 1 aliphatic heterocycles. The van der Waals surface area contributed by atoms with Gasteiger partial charge in [0, 0.05) is 0 Å². The Kier molecular flexibility index (Phi) is 5.89. The highest BCUT2D eigenvalue weighted by atomic mass is 16.4. The third-order valence-corrected chi connectivity index (χ3v) is 4.01. The summed E-state index contributed by atoms with van der Waals surface area (Å²) in [7, 11) is -1.14. The fraction of sp³-hybridized carbons (Fsp3) is 0.600. The van der Waals surface area contributed by atoms with Gasteiger partial charge in [0.2, 0.25) is 0 Å². The maximum Gasteiger partial charge on any atom is 0.451 e. The molecule has 0 bridgehead atoms. The Balaban J connectivity index is 1.65. The summed E-state index contributed by atoms with van der Waals surface area (Å²) in [5, 5.41) is 17.7. The number of benzene rings is 1. The van der Waals surface area contributed by atoms with Crippen molar-refractivity contribution < 1.29 is 10.0 Å². The molecule has 0 atom stereocenters. The molecule has 0 unspecified atom stereocenters. The van der Waals surface area contributed by atoms with Gasteiger partial charge in [-0.15, -0.1) is 0 Å². The number of piperidine rings is 1. The SMILES string of the molecule is OB(O)CCCN1CCC(Cc2ccccc2)CC1. The Labute approximate surface area is 116 Å². The molecule has 1 aromatic carbocycles. The van der Waals surface area contributed by atoms with E-state index in [4.69, 9.17) is 10.0 Å². The minimum Gasteiger partial charge on any atom is -0.427 e. The summed E-state index contributed by atoms with van der Waals surface area (Å²) < 4.78 is 0. The highest BCUT2D eigenvalue weighted by Gasteiger charge is 2.19. The second-order valence-electron chi connectivity index (χ2n) is 5.60. The van der Waals surface area contributed by atoms with Gasteiger partial charge >= 0.3 is 7.12 Å². The second-order valence-corrected chi connectivity index (χ2v) is 5.60. The minimum absolute atomic E-state index is 0.490. The van der Waals surface area contributed by atoms with E-state index in [-0.39, 0.29) is 0 Å². The molecule has 2 rings (SSSR count). The van der Waals surface area contributed by atoms with Gasteiger partial charge in [0.1, 0.15) is 0 Å². The van der Waals surface area contributed by atoms with E-state index >= 15 is 0 Å². The van der Waals surface area contributed by atoms with E-state index in [0.717, 1.165) is 32.0 Å². The summed E-state index contributed by atoms with van der Waals surface area (Å²) in [5.74, 6) is 0.807. The first kappa shape index (κ1) is 14.6. The zero-order valence-electron chi connectivity index (χ0n) is 11.5. The largest absolute Gasteiger partial charge is 0.451 e. The Morgan fingerprint density at radius 3 is 2.42 bits per heavy atom. The van der Waals surface area contributed by atoms with Gasteiger partial charge < -0.3 is 14.9 Å². The Morgan fingerprint density at radius 2 is 1.79 bits per heavy atom. The van der Waals surface area contributed by atoms with Gasteiger partial charge in [0.15, 0.2) is 0 Å². The van der Waals surface area contributed by atoms with Gasteiger partial charge in [-0.3, -0.25) is 0 Å². The van der Waals surface area contributed by atoms with Crippen LogP contribution in [0.4, 0.5) is 0 Å². The minimum atomic E-state index is -1.14. The number of hydrogen-bond donors (Lipinski definition) is 2. The number of likely N-dealkylation sites (tertiary alicyclic amines) is 1. The molecule has 0 spiro atoms. The van der Waals surface area contributed by atoms with E-state index in [9.17, 15) is 0 Å². The third kappa shape index (κ3) is 5.35. The van der Waals surface area contributed by atoms with E-state index in [1.807, 2.05) is 0 Å². The van der Waals surface area contributed by atoms with E-state index < -0.39 is 7.12 Å². The summed E-state index contributed by atoms with van der Waals surface area (Å²) in [6.07, 6.45) is 5.09. The summed E-state index contributed by atoms with van der Waals surface area (Å²) in [4.78, 5) is 2.45. The quantitative estimate of drug-likeness (QED) is 0.767. The topological polar surface area (TPSA) is 43.7 Å². The van der Waals surface area contributed by atoms with E-state index in [1.165, 1.54) is 24.8 Å². The molecule has 0 amide bonds. The van der Waals surface area contributed by atoms with Crippen molar-refractivity contribution in [2.75, 3.05) is 19.6 Å². The zero-order valence-corrected chi connectivity index (χ0v) is 11.5. The van der Waals surface area contributed by atoms with Gasteiger partial charge in [0.05, 0.1) is 0 Å². The van der Waals surface area contributed by atoms with Crippen LogP contribution in [0.1, 0.15) is 24.8 Å². The first-order chi connectivity index (χ1) is 9.24. The highest BCUT2D eigenvalue weighted by Crippen LogP contribution is 2.21. The van der Waals surface area contributed by atoms with Crippen molar-refractivity contribution in [2.24, 2.45) is 5.92 Å². The normalized spacial score (nSPS) is 17.6. The van der Waals surface area contributed by atoms with E-state index in [2.05, 4.69) is 35.2 Å². The van der Waals surface area contributed by atoms with Crippen molar-refractivity contribution in [2.45, 2.75) is 32.0 Å². The smallest absolute Gasteiger partial charge is 0.427 e. The maximum atomic E-state index is 8.83. The van der Waals surface area contributed by atoms with Gasteiger partial charge in [-0.25, -0.2) is 0 Å². The van der Waals surface area contributed by atoms with Crippen molar-refractivity contribution in [3.8, 4) is 0 Å². The van der Waals surface area contributed by atoms with Crippen LogP contribution in [0.2, 0.25) is 6.32 Å². The zero-order chi connectivity index (χ0) is 13.5. The van der Waals surface area contributed by atoms with Gasteiger partial charge in [0.25, 0.3) is 0 Å². The summed E-state index contributed by atoms with van der Waals surface area (Å²) in [5.41, 5.74) is 1.45. The molecule has 1 heterocycles. The standard InChI is InChI=1S/C15H24BNO2/c18-16(19)9-4-10-17-11-7-15(8-12-17)13-14-5-2-1-3-6-14/h1-3,5-6,15,18-19H,4,7-13H2. The monoisotopic (exact) mass is 261 g/mol. The molecule has 1 aromatic rings. The van der Waals surface area contributed by atoms with Crippen LogP contribution in [0.15, 0.2) is 30.3 Å². The number of nitrogens with zero attached hydrogens (tertiary/aromatic N) is 1. The average Bonchev–Trinajstić information content (AvgIpc) is 2.42. The van der Waals surface area contributed by atoms with Crippen molar-refractivity contribution >= 4 is 7.12 Å². The molecule has 0 radical (unpaired) electrons. The first-order valence-electron chi connectivity index (χ1n) is 7.36. The summed E-state index contributed by atoms with van der Waals surface area (Å²) in [6.45, 7) is 3.30. The van der Waals surface area contributed by atoms with Gasteiger partial charge in [-0.2, -0.15) is 0 Å². The van der Waals surface area contributed by atoms with E-state index in [1.54, 1.807) is 0 Å². The molecule has 4 heteroatoms. The lowest BCUT2D eigenvalue weighted by molar-refractivity contribution is 0.183. The van der Waals surface area contributed by atoms with Crippen LogP contribution in [0.25, 0.3) is 0 Å². The molecule has 104 valence electrons. The summed E-state index contributed by atoms with van der Waals surface area (Å²) in [6, 6.07) is 10.7. The van der Waals surface area contributed by atoms with Crippen LogP contribution in [-0.4, -0.2) is 41.7 Å². The van der Waals surface area contributed by atoms with Gasteiger partial charge in [-0.05, 0) is 63.1 Å². The molecule has 1 aliphatic rings. The lowest BCUT2D eigenvalue weighted by atomic mass is 9.84. The van der Waals surface area contributed by atoms with Crippen LogP contribution in [-0.2, 0) is 6.42 Å². The molecular weight excluding hydrogens is 237 g/mol. The molecule has 1 fully saturated rings. The van der Waals surface area contributed by atoms with Crippen molar-refractivity contribution in [1.29, 1.82) is 0 Å². The second kappa shape index (κ2) is 7.68. The average molecular weight is 261 g/mol. The molecule has 2 N–H and O–H groups in total. The first-order valence-corrected chi connectivity index (χ1v) is 7.36. The molecule has 0 aromatic heterocycles. The van der Waals surface area contributed by atoms with Crippen LogP contribution in [0.5, 0.6) is 0 Å². The molecule has 19 heavy (non-hydrogen) atoms. The Morgan fingerprint density at radius 1 is 1.11 bits per heavy atom. The van der Waals surface area contributed by atoms with Gasteiger partial charge in [-0.1, -0.05) is 30.3 Å².